The van der Waals surface area contributed by atoms with Crippen LogP contribution in [0.25, 0.3) is 0 Å². The molecule has 12 unspecified atom stereocenters. The van der Waals surface area contributed by atoms with Gasteiger partial charge in [0.2, 0.25) is 5.91 Å². The fraction of sp³-hybridized carbons (Fsp3) is 0.883. The van der Waals surface area contributed by atoms with Crippen molar-refractivity contribution in [1.82, 2.24) is 5.32 Å². The third-order valence-electron chi connectivity index (χ3n) is 14.8. The molecule has 14 heteroatoms. The fourth-order valence-corrected chi connectivity index (χ4v) is 9.90. The lowest BCUT2D eigenvalue weighted by molar-refractivity contribution is -0.359. The normalized spacial score (nSPS) is 25.4. The molecule has 74 heavy (non-hydrogen) atoms. The Hall–Kier alpha value is -1.79. The van der Waals surface area contributed by atoms with Crippen LogP contribution in [0, 0.1) is 0 Å². The van der Waals surface area contributed by atoms with Crippen LogP contribution in [0.5, 0.6) is 0 Å². The summed E-state index contributed by atoms with van der Waals surface area (Å²) in [5.41, 5.74) is 0. The molecule has 0 aromatic heterocycles. The topological polar surface area (TPSA) is 228 Å². The molecular formula is C60H111NO13. The van der Waals surface area contributed by atoms with Crippen LogP contribution in [0.3, 0.4) is 0 Å². The predicted molar refractivity (Wildman–Crippen MR) is 295 cm³/mol. The Labute approximate surface area is 449 Å². The van der Waals surface area contributed by atoms with Crippen LogP contribution in [0.2, 0.25) is 0 Å². The lowest BCUT2D eigenvalue weighted by Crippen LogP contribution is -2.65. The van der Waals surface area contributed by atoms with Gasteiger partial charge in [0.1, 0.15) is 48.8 Å². The van der Waals surface area contributed by atoms with Crippen LogP contribution < -0.4 is 5.32 Å². The summed E-state index contributed by atoms with van der Waals surface area (Å²) in [6, 6.07) is -0.921. The Morgan fingerprint density at radius 2 is 0.905 bits per heavy atom. The number of rotatable bonds is 48. The highest BCUT2D eigenvalue weighted by Gasteiger charge is 2.51. The Kier molecular flexibility index (Phi) is 42.6. The smallest absolute Gasteiger partial charge is 0.220 e. The van der Waals surface area contributed by atoms with Crippen LogP contribution in [0.4, 0.5) is 0 Å². The molecule has 2 rings (SSSR count). The average molecular weight is 1050 g/mol. The maximum atomic E-state index is 13.2. The first-order valence-corrected chi connectivity index (χ1v) is 30.2. The van der Waals surface area contributed by atoms with Gasteiger partial charge in [0.05, 0.1) is 32.0 Å². The number of aliphatic hydroxyl groups excluding tert-OH is 8. The standard InChI is InChI=1S/C60H111NO13/c1-3-5-7-9-11-13-15-17-19-20-21-22-23-24-25-26-27-28-29-30-31-33-35-37-39-41-43-49(64)48(61-52(65)44-42-40-38-36-34-32-18-16-14-12-10-8-6-4-2)47-71-59-57(70)55(68)58(51(46-63)73-59)74-60-56(69)54(67)53(66)50(45-62)72-60/h10,12,16,18,41,43,48-51,53-60,62-64,66-70H,3-9,11,13-15,17,19-40,42,44-47H2,1-2H3,(H,61,65)/b12-10-,18-16-,43-41+. The molecule has 0 aromatic carbocycles. The van der Waals surface area contributed by atoms with Gasteiger partial charge in [0.25, 0.3) is 0 Å². The molecule has 0 bridgehead atoms. The Balaban J connectivity index is 1.73. The SMILES string of the molecule is CCCC/C=C\C/C=C\CCCCCCCC(=O)NC(COC1OC(CO)C(OC2OC(CO)C(O)C(O)C2O)C(O)C1O)C(O)/C=C/CCCCCCCCCCCCCCCCCCCCCCCCCC. The van der Waals surface area contributed by atoms with Gasteiger partial charge in [-0.1, -0.05) is 230 Å². The van der Waals surface area contributed by atoms with Gasteiger partial charge in [-0.2, -0.15) is 0 Å². The summed E-state index contributed by atoms with van der Waals surface area (Å²) in [7, 11) is 0. The number of hydrogen-bond donors (Lipinski definition) is 9. The maximum Gasteiger partial charge on any atom is 0.220 e. The summed E-state index contributed by atoms with van der Waals surface area (Å²) >= 11 is 0. The van der Waals surface area contributed by atoms with E-state index in [0.717, 1.165) is 64.2 Å². The van der Waals surface area contributed by atoms with E-state index >= 15 is 0 Å². The number of hydrogen-bond acceptors (Lipinski definition) is 13. The molecular weight excluding hydrogens is 943 g/mol. The van der Waals surface area contributed by atoms with Gasteiger partial charge in [-0.15, -0.1) is 0 Å². The second-order valence-corrected chi connectivity index (χ2v) is 21.5. The van der Waals surface area contributed by atoms with E-state index in [2.05, 4.69) is 43.5 Å². The molecule has 1 amide bonds. The number of carbonyl (C=O) groups excluding carboxylic acids is 1. The minimum absolute atomic E-state index is 0.252. The second kappa shape index (κ2) is 46.2. The van der Waals surface area contributed by atoms with Crippen LogP contribution in [-0.2, 0) is 23.7 Å². The molecule has 2 saturated heterocycles. The van der Waals surface area contributed by atoms with E-state index in [0.29, 0.717) is 6.42 Å². The number of allylic oxidation sites excluding steroid dienone is 5. The maximum absolute atomic E-state index is 13.2. The van der Waals surface area contributed by atoms with Crippen LogP contribution in [0.15, 0.2) is 36.5 Å². The highest BCUT2D eigenvalue weighted by atomic mass is 16.7. The van der Waals surface area contributed by atoms with E-state index in [1.807, 2.05) is 6.08 Å². The zero-order valence-electron chi connectivity index (χ0n) is 46.6. The average Bonchev–Trinajstić information content (AvgIpc) is 3.40. The molecule has 2 aliphatic rings. The minimum Gasteiger partial charge on any atom is -0.394 e. The molecule has 0 spiro atoms. The first-order chi connectivity index (χ1) is 36.1. The minimum atomic E-state index is -1.79. The summed E-state index contributed by atoms with van der Waals surface area (Å²) in [6.45, 7) is 2.76. The fourth-order valence-electron chi connectivity index (χ4n) is 9.90. The molecule has 0 aliphatic carbocycles. The molecule has 2 heterocycles. The summed E-state index contributed by atoms with van der Waals surface area (Å²) in [6.07, 6.45) is 39.1. The summed E-state index contributed by atoms with van der Waals surface area (Å²) in [5.74, 6) is -0.252. The zero-order chi connectivity index (χ0) is 53.9. The van der Waals surface area contributed by atoms with Crippen molar-refractivity contribution in [2.24, 2.45) is 0 Å². The molecule has 0 saturated carbocycles. The first kappa shape index (κ1) is 68.3. The van der Waals surface area contributed by atoms with E-state index in [9.17, 15) is 45.6 Å². The monoisotopic (exact) mass is 1050 g/mol. The number of aliphatic hydroxyl groups is 8. The number of amides is 1. The quantitative estimate of drug-likeness (QED) is 0.0204. The van der Waals surface area contributed by atoms with Crippen molar-refractivity contribution in [3.63, 3.8) is 0 Å². The second-order valence-electron chi connectivity index (χ2n) is 21.5. The predicted octanol–water partition coefficient (Wildman–Crippen LogP) is 10.2. The number of unbranched alkanes of at least 4 members (excludes halogenated alkanes) is 31. The van der Waals surface area contributed by atoms with Crippen molar-refractivity contribution in [2.45, 2.75) is 319 Å². The molecule has 0 radical (unpaired) electrons. The summed E-state index contributed by atoms with van der Waals surface area (Å²) in [4.78, 5) is 13.2. The number of ether oxygens (including phenoxy) is 4. The van der Waals surface area contributed by atoms with Crippen LogP contribution >= 0.6 is 0 Å². The third kappa shape index (κ3) is 31.6. The van der Waals surface area contributed by atoms with Crippen molar-refractivity contribution < 1.29 is 64.6 Å². The van der Waals surface area contributed by atoms with E-state index in [1.165, 1.54) is 154 Å². The Morgan fingerprint density at radius 3 is 1.39 bits per heavy atom. The lowest BCUT2D eigenvalue weighted by atomic mass is 9.97. The molecule has 12 atom stereocenters. The van der Waals surface area contributed by atoms with Crippen molar-refractivity contribution in [3.05, 3.63) is 36.5 Å². The molecule has 9 N–H and O–H groups in total. The van der Waals surface area contributed by atoms with E-state index in [4.69, 9.17) is 18.9 Å². The highest BCUT2D eigenvalue weighted by molar-refractivity contribution is 5.76. The van der Waals surface area contributed by atoms with Gasteiger partial charge >= 0.3 is 0 Å². The molecule has 2 aliphatic heterocycles. The van der Waals surface area contributed by atoms with Crippen LogP contribution in [-0.4, -0.2) is 140 Å². The van der Waals surface area contributed by atoms with Crippen molar-refractivity contribution in [2.75, 3.05) is 19.8 Å². The molecule has 14 nitrogen and oxygen atoms in total. The van der Waals surface area contributed by atoms with E-state index < -0.39 is 86.8 Å². The molecule has 434 valence electrons. The van der Waals surface area contributed by atoms with Crippen molar-refractivity contribution in [3.8, 4) is 0 Å². The van der Waals surface area contributed by atoms with Crippen molar-refractivity contribution in [1.29, 1.82) is 0 Å². The van der Waals surface area contributed by atoms with Crippen molar-refractivity contribution >= 4 is 5.91 Å². The van der Waals surface area contributed by atoms with E-state index in [-0.39, 0.29) is 18.9 Å². The Bertz CT molecular complexity index is 1380. The van der Waals surface area contributed by atoms with Gasteiger partial charge < -0.3 is 65.1 Å². The summed E-state index contributed by atoms with van der Waals surface area (Å²) in [5, 5.41) is 87.0. The van der Waals surface area contributed by atoms with Crippen LogP contribution in [0.1, 0.15) is 245 Å². The highest BCUT2D eigenvalue weighted by Crippen LogP contribution is 2.30. The molecule has 2 fully saturated rings. The third-order valence-corrected chi connectivity index (χ3v) is 14.8. The lowest BCUT2D eigenvalue weighted by Gasteiger charge is -2.46. The number of nitrogens with one attached hydrogen (secondary N) is 1. The van der Waals surface area contributed by atoms with Gasteiger partial charge in [-0.3, -0.25) is 4.79 Å². The first-order valence-electron chi connectivity index (χ1n) is 30.2. The van der Waals surface area contributed by atoms with Gasteiger partial charge in [-0.25, -0.2) is 0 Å². The van der Waals surface area contributed by atoms with E-state index in [1.54, 1.807) is 6.08 Å². The van der Waals surface area contributed by atoms with Gasteiger partial charge in [0, 0.05) is 6.42 Å². The number of carbonyl (C=O) groups is 1. The Morgan fingerprint density at radius 1 is 0.486 bits per heavy atom. The zero-order valence-corrected chi connectivity index (χ0v) is 46.6. The van der Waals surface area contributed by atoms with Gasteiger partial charge in [0.15, 0.2) is 12.6 Å². The molecule has 0 aromatic rings. The largest absolute Gasteiger partial charge is 0.394 e. The van der Waals surface area contributed by atoms with Gasteiger partial charge in [-0.05, 0) is 44.9 Å². The summed E-state index contributed by atoms with van der Waals surface area (Å²) < 4.78 is 22.8.